The molecule has 110 valence electrons. The lowest BCUT2D eigenvalue weighted by Gasteiger charge is -2.07. The largest absolute Gasteiger partial charge is 0.396 e. The molecule has 2 aromatic rings. The van der Waals surface area contributed by atoms with Crippen molar-refractivity contribution in [1.29, 1.82) is 0 Å². The standard InChI is InChI=1S/C16H18N2O3/c1-11-7-8-14(15(20)17-11)16(21)18-13-6-2-4-12(10-13)5-3-9-19/h2,4,6-8,10,19H,3,5,9H2,1H3,(H,17,20)(H,18,21). The van der Waals surface area contributed by atoms with Crippen molar-refractivity contribution in [3.8, 4) is 0 Å². The number of hydrogen-bond donors (Lipinski definition) is 3. The van der Waals surface area contributed by atoms with Gasteiger partial charge in [0.15, 0.2) is 0 Å². The highest BCUT2D eigenvalue weighted by molar-refractivity contribution is 6.04. The van der Waals surface area contributed by atoms with E-state index in [-0.39, 0.29) is 12.2 Å². The normalized spacial score (nSPS) is 10.4. The van der Waals surface area contributed by atoms with Crippen LogP contribution in [0.4, 0.5) is 5.69 Å². The van der Waals surface area contributed by atoms with Crippen LogP contribution in [0.5, 0.6) is 0 Å². The van der Waals surface area contributed by atoms with Gasteiger partial charge in [0.1, 0.15) is 5.56 Å². The van der Waals surface area contributed by atoms with Crippen LogP contribution in [0.15, 0.2) is 41.2 Å². The number of carbonyl (C=O) groups is 1. The number of carbonyl (C=O) groups excluding carboxylic acids is 1. The molecule has 0 unspecified atom stereocenters. The lowest BCUT2D eigenvalue weighted by Crippen LogP contribution is -2.23. The zero-order valence-corrected chi connectivity index (χ0v) is 11.8. The highest BCUT2D eigenvalue weighted by atomic mass is 16.3. The van der Waals surface area contributed by atoms with Crippen molar-refractivity contribution in [2.24, 2.45) is 0 Å². The van der Waals surface area contributed by atoms with Gasteiger partial charge < -0.3 is 15.4 Å². The van der Waals surface area contributed by atoms with Crippen molar-refractivity contribution < 1.29 is 9.90 Å². The summed E-state index contributed by atoms with van der Waals surface area (Å²) >= 11 is 0. The molecule has 0 spiro atoms. The van der Waals surface area contributed by atoms with Crippen LogP contribution in [0, 0.1) is 6.92 Å². The van der Waals surface area contributed by atoms with E-state index < -0.39 is 11.5 Å². The van der Waals surface area contributed by atoms with E-state index in [4.69, 9.17) is 5.11 Å². The van der Waals surface area contributed by atoms with E-state index in [9.17, 15) is 9.59 Å². The minimum absolute atomic E-state index is 0.0846. The van der Waals surface area contributed by atoms with Crippen molar-refractivity contribution in [1.82, 2.24) is 4.98 Å². The number of aliphatic hydroxyl groups is 1. The van der Waals surface area contributed by atoms with Crippen molar-refractivity contribution >= 4 is 11.6 Å². The topological polar surface area (TPSA) is 82.2 Å². The van der Waals surface area contributed by atoms with E-state index >= 15 is 0 Å². The fourth-order valence-electron chi connectivity index (χ4n) is 2.04. The summed E-state index contributed by atoms with van der Waals surface area (Å²) in [7, 11) is 0. The first-order chi connectivity index (χ1) is 10.1. The zero-order chi connectivity index (χ0) is 15.2. The molecule has 5 nitrogen and oxygen atoms in total. The number of benzene rings is 1. The van der Waals surface area contributed by atoms with E-state index in [0.717, 1.165) is 12.0 Å². The number of aliphatic hydroxyl groups excluding tert-OH is 1. The van der Waals surface area contributed by atoms with Crippen molar-refractivity contribution in [3.05, 3.63) is 63.6 Å². The number of aromatic nitrogens is 1. The summed E-state index contributed by atoms with van der Waals surface area (Å²) in [5.74, 6) is -0.435. The number of aryl methyl sites for hydroxylation is 2. The predicted octanol–water partition coefficient (Wildman–Crippen LogP) is 1.86. The Labute approximate surface area is 122 Å². The van der Waals surface area contributed by atoms with Crippen molar-refractivity contribution in [2.75, 3.05) is 11.9 Å². The van der Waals surface area contributed by atoms with Gasteiger partial charge in [0.2, 0.25) is 0 Å². The number of nitrogens with one attached hydrogen (secondary N) is 2. The summed E-state index contributed by atoms with van der Waals surface area (Å²) < 4.78 is 0. The second kappa shape index (κ2) is 6.85. The maximum absolute atomic E-state index is 12.1. The Hall–Kier alpha value is -2.40. The molecule has 0 aliphatic carbocycles. The average molecular weight is 286 g/mol. The Balaban J connectivity index is 2.14. The van der Waals surface area contributed by atoms with Crippen LogP contribution in [0.25, 0.3) is 0 Å². The summed E-state index contributed by atoms with van der Waals surface area (Å²) in [6.07, 6.45) is 1.42. The molecule has 0 fully saturated rings. The van der Waals surface area contributed by atoms with Crippen LogP contribution in [-0.4, -0.2) is 22.6 Å². The molecule has 2 rings (SSSR count). The number of aromatic amines is 1. The molecule has 3 N–H and O–H groups in total. The van der Waals surface area contributed by atoms with E-state index in [2.05, 4.69) is 10.3 Å². The van der Waals surface area contributed by atoms with Crippen molar-refractivity contribution in [3.63, 3.8) is 0 Å². The highest BCUT2D eigenvalue weighted by Crippen LogP contribution is 2.13. The van der Waals surface area contributed by atoms with E-state index in [1.807, 2.05) is 18.2 Å². The van der Waals surface area contributed by atoms with Gasteiger partial charge in [0.25, 0.3) is 11.5 Å². The molecule has 5 heteroatoms. The summed E-state index contributed by atoms with van der Waals surface area (Å²) in [6.45, 7) is 1.89. The van der Waals surface area contributed by atoms with Crippen LogP contribution in [-0.2, 0) is 6.42 Å². The summed E-state index contributed by atoms with van der Waals surface area (Å²) in [4.78, 5) is 26.4. The van der Waals surface area contributed by atoms with Gasteiger partial charge in [-0.15, -0.1) is 0 Å². The van der Waals surface area contributed by atoms with Crippen LogP contribution >= 0.6 is 0 Å². The van der Waals surface area contributed by atoms with Crippen molar-refractivity contribution in [2.45, 2.75) is 19.8 Å². The monoisotopic (exact) mass is 286 g/mol. The van der Waals surface area contributed by atoms with Crippen LogP contribution in [0.3, 0.4) is 0 Å². The molecule has 0 aliphatic heterocycles. The maximum atomic E-state index is 12.1. The third-order valence-electron chi connectivity index (χ3n) is 3.11. The first-order valence-corrected chi connectivity index (χ1v) is 6.81. The quantitative estimate of drug-likeness (QED) is 0.784. The zero-order valence-electron chi connectivity index (χ0n) is 11.8. The highest BCUT2D eigenvalue weighted by Gasteiger charge is 2.10. The molecule has 0 aliphatic rings. The Morgan fingerprint density at radius 3 is 2.81 bits per heavy atom. The van der Waals surface area contributed by atoms with Crippen LogP contribution in [0.1, 0.15) is 28.0 Å². The Morgan fingerprint density at radius 1 is 1.29 bits per heavy atom. The van der Waals surface area contributed by atoms with E-state index in [0.29, 0.717) is 17.8 Å². The van der Waals surface area contributed by atoms with E-state index in [1.165, 1.54) is 6.07 Å². The molecule has 1 amide bonds. The molecule has 0 saturated heterocycles. The average Bonchev–Trinajstić information content (AvgIpc) is 2.45. The molecule has 0 bridgehead atoms. The Bertz CT molecular complexity index is 692. The number of hydrogen-bond acceptors (Lipinski definition) is 3. The number of rotatable bonds is 5. The van der Waals surface area contributed by atoms with Crippen LogP contribution < -0.4 is 10.9 Å². The first kappa shape index (κ1) is 15.0. The van der Waals surface area contributed by atoms with Gasteiger partial charge in [-0.05, 0) is 49.6 Å². The van der Waals surface area contributed by atoms with Gasteiger partial charge >= 0.3 is 0 Å². The Kier molecular flexibility index (Phi) is 4.90. The fraction of sp³-hybridized carbons (Fsp3) is 0.250. The minimum atomic E-state index is -0.435. The molecule has 0 saturated carbocycles. The summed E-state index contributed by atoms with van der Waals surface area (Å²) in [5.41, 5.74) is 2.06. The lowest BCUT2D eigenvalue weighted by atomic mass is 10.1. The first-order valence-electron chi connectivity index (χ1n) is 6.81. The molecule has 21 heavy (non-hydrogen) atoms. The number of pyridine rings is 1. The smallest absolute Gasteiger partial charge is 0.261 e. The number of amides is 1. The third-order valence-corrected chi connectivity index (χ3v) is 3.11. The second-order valence-electron chi connectivity index (χ2n) is 4.87. The molecule has 1 aromatic carbocycles. The Morgan fingerprint density at radius 2 is 2.10 bits per heavy atom. The maximum Gasteiger partial charge on any atom is 0.261 e. The fourth-order valence-corrected chi connectivity index (χ4v) is 2.04. The van der Waals surface area contributed by atoms with Gasteiger partial charge in [0, 0.05) is 18.0 Å². The second-order valence-corrected chi connectivity index (χ2v) is 4.87. The molecular formula is C16H18N2O3. The molecule has 0 atom stereocenters. The SMILES string of the molecule is Cc1ccc(C(=O)Nc2cccc(CCCO)c2)c(=O)[nH]1. The minimum Gasteiger partial charge on any atom is -0.396 e. The lowest BCUT2D eigenvalue weighted by molar-refractivity contribution is 0.102. The number of anilines is 1. The summed E-state index contributed by atoms with van der Waals surface area (Å²) in [5, 5.41) is 11.5. The van der Waals surface area contributed by atoms with Gasteiger partial charge in [-0.2, -0.15) is 0 Å². The molecular weight excluding hydrogens is 268 g/mol. The van der Waals surface area contributed by atoms with Gasteiger partial charge in [-0.3, -0.25) is 9.59 Å². The molecule has 0 radical (unpaired) electrons. The summed E-state index contributed by atoms with van der Waals surface area (Å²) in [6, 6.07) is 10.6. The third kappa shape index (κ3) is 4.03. The number of H-pyrrole nitrogens is 1. The molecule has 1 aromatic heterocycles. The van der Waals surface area contributed by atoms with Crippen LogP contribution in [0.2, 0.25) is 0 Å². The molecule has 1 heterocycles. The van der Waals surface area contributed by atoms with Gasteiger partial charge in [-0.25, -0.2) is 0 Å². The van der Waals surface area contributed by atoms with Gasteiger partial charge in [0.05, 0.1) is 0 Å². The van der Waals surface area contributed by atoms with Gasteiger partial charge in [-0.1, -0.05) is 12.1 Å². The van der Waals surface area contributed by atoms with E-state index in [1.54, 1.807) is 19.1 Å². The predicted molar refractivity (Wildman–Crippen MR) is 81.6 cm³/mol.